The first kappa shape index (κ1) is 13.6. The van der Waals surface area contributed by atoms with E-state index in [1.165, 1.54) is 12.1 Å². The zero-order valence-electron chi connectivity index (χ0n) is 11.0. The molecule has 0 radical (unpaired) electrons. The molecule has 1 aromatic carbocycles. The molecule has 100 valence electrons. The molecule has 0 bridgehead atoms. The van der Waals surface area contributed by atoms with Crippen LogP contribution in [0.5, 0.6) is 0 Å². The third-order valence-corrected chi connectivity index (χ3v) is 3.16. The van der Waals surface area contributed by atoms with Crippen LogP contribution in [0.1, 0.15) is 22.9 Å². The van der Waals surface area contributed by atoms with Gasteiger partial charge >= 0.3 is 0 Å². The van der Waals surface area contributed by atoms with Gasteiger partial charge in [-0.05, 0) is 37.7 Å². The van der Waals surface area contributed by atoms with Gasteiger partial charge in [0.25, 0.3) is 0 Å². The summed E-state index contributed by atoms with van der Waals surface area (Å²) < 4.78 is 28.0. The number of likely N-dealkylation sites (N-methyl/N-ethyl adjacent to an activating group) is 1. The lowest BCUT2D eigenvalue weighted by Gasteiger charge is -2.18. The zero-order valence-corrected chi connectivity index (χ0v) is 11.0. The van der Waals surface area contributed by atoms with E-state index in [1.807, 2.05) is 18.2 Å². The van der Waals surface area contributed by atoms with Gasteiger partial charge in [-0.1, -0.05) is 12.1 Å². The Morgan fingerprint density at radius 1 is 1.21 bits per heavy atom. The number of hydrogen-bond donors (Lipinski definition) is 1. The normalized spacial score (nSPS) is 12.4. The van der Waals surface area contributed by atoms with Crippen molar-refractivity contribution in [3.8, 4) is 0 Å². The minimum atomic E-state index is -0.529. The molecule has 4 heteroatoms. The first-order valence-electron chi connectivity index (χ1n) is 6.15. The molecule has 19 heavy (non-hydrogen) atoms. The number of rotatable bonds is 4. The Hall–Kier alpha value is -1.81. The lowest BCUT2D eigenvalue weighted by molar-refractivity contribution is 0.483. The average Bonchev–Trinajstić information content (AvgIpc) is 2.43. The number of benzene rings is 1. The quantitative estimate of drug-likeness (QED) is 0.915. The number of nitrogens with one attached hydrogen (secondary N) is 1. The molecule has 2 rings (SSSR count). The fraction of sp³-hybridized carbons (Fsp3) is 0.267. The van der Waals surface area contributed by atoms with Crippen LogP contribution in [0, 0.1) is 18.6 Å². The lowest BCUT2D eigenvalue weighted by atomic mass is 9.98. The molecule has 0 saturated heterocycles. The Balaban J connectivity index is 2.35. The van der Waals surface area contributed by atoms with Gasteiger partial charge in [-0.3, -0.25) is 4.98 Å². The molecule has 0 amide bonds. The third-order valence-electron chi connectivity index (χ3n) is 3.16. The molecule has 0 fully saturated rings. The van der Waals surface area contributed by atoms with Crippen LogP contribution in [0.25, 0.3) is 0 Å². The number of halogens is 2. The van der Waals surface area contributed by atoms with E-state index in [2.05, 4.69) is 10.3 Å². The fourth-order valence-corrected chi connectivity index (χ4v) is 2.07. The smallest absolute Gasteiger partial charge is 0.133 e. The molecule has 0 aliphatic heterocycles. The number of nitrogens with zero attached hydrogens (tertiary/aromatic N) is 1. The van der Waals surface area contributed by atoms with E-state index in [-0.39, 0.29) is 5.56 Å². The minimum Gasteiger partial charge on any atom is -0.312 e. The summed E-state index contributed by atoms with van der Waals surface area (Å²) >= 11 is 0. The maximum absolute atomic E-state index is 14.1. The van der Waals surface area contributed by atoms with Crippen LogP contribution in [-0.4, -0.2) is 12.0 Å². The Morgan fingerprint density at radius 3 is 2.63 bits per heavy atom. The predicted molar refractivity (Wildman–Crippen MR) is 70.8 cm³/mol. The highest BCUT2D eigenvalue weighted by atomic mass is 19.1. The van der Waals surface area contributed by atoms with Gasteiger partial charge in [0.2, 0.25) is 0 Å². The van der Waals surface area contributed by atoms with Crippen molar-refractivity contribution in [2.75, 3.05) is 7.05 Å². The SMILES string of the molecule is CNC(Cc1ccccn1)c1c(F)ccc(C)c1F. The van der Waals surface area contributed by atoms with Crippen LogP contribution in [0.15, 0.2) is 36.5 Å². The molecule has 1 N–H and O–H groups in total. The Morgan fingerprint density at radius 2 is 2.00 bits per heavy atom. The molecule has 1 unspecified atom stereocenters. The Labute approximate surface area is 111 Å². The first-order valence-corrected chi connectivity index (χ1v) is 6.15. The van der Waals surface area contributed by atoms with Crippen molar-refractivity contribution >= 4 is 0 Å². The molecule has 0 saturated carbocycles. The summed E-state index contributed by atoms with van der Waals surface area (Å²) in [6.07, 6.45) is 2.11. The van der Waals surface area contributed by atoms with Crippen molar-refractivity contribution in [3.05, 3.63) is 65.0 Å². The molecule has 2 nitrogen and oxygen atoms in total. The van der Waals surface area contributed by atoms with Gasteiger partial charge in [0, 0.05) is 29.9 Å². The van der Waals surface area contributed by atoms with Crippen LogP contribution in [0.3, 0.4) is 0 Å². The molecule has 1 heterocycles. The van der Waals surface area contributed by atoms with Gasteiger partial charge in [-0.2, -0.15) is 0 Å². The average molecular weight is 262 g/mol. The summed E-state index contributed by atoms with van der Waals surface area (Å²) in [6.45, 7) is 1.63. The highest BCUT2D eigenvalue weighted by Gasteiger charge is 2.20. The molecule has 0 spiro atoms. The topological polar surface area (TPSA) is 24.9 Å². The van der Waals surface area contributed by atoms with Gasteiger partial charge in [0.1, 0.15) is 11.6 Å². The molecule has 1 atom stereocenters. The van der Waals surface area contributed by atoms with Crippen molar-refractivity contribution in [1.82, 2.24) is 10.3 Å². The van der Waals surface area contributed by atoms with E-state index >= 15 is 0 Å². The summed E-state index contributed by atoms with van der Waals surface area (Å²) in [5.41, 5.74) is 1.31. The van der Waals surface area contributed by atoms with Crippen LogP contribution in [0.4, 0.5) is 8.78 Å². The van der Waals surface area contributed by atoms with Crippen molar-refractivity contribution in [2.24, 2.45) is 0 Å². The number of aromatic nitrogens is 1. The van der Waals surface area contributed by atoms with Crippen molar-refractivity contribution in [3.63, 3.8) is 0 Å². The molecule has 2 aromatic rings. The summed E-state index contributed by atoms with van der Waals surface area (Å²) in [5.74, 6) is -1.02. The second-order valence-corrected chi connectivity index (χ2v) is 4.46. The van der Waals surface area contributed by atoms with E-state index in [0.717, 1.165) is 5.69 Å². The summed E-state index contributed by atoms with van der Waals surface area (Å²) in [7, 11) is 1.69. The minimum absolute atomic E-state index is 0.0770. The molecule has 1 aromatic heterocycles. The van der Waals surface area contributed by atoms with E-state index < -0.39 is 17.7 Å². The van der Waals surface area contributed by atoms with Crippen LogP contribution in [0.2, 0.25) is 0 Å². The van der Waals surface area contributed by atoms with E-state index in [9.17, 15) is 8.78 Å². The fourth-order valence-electron chi connectivity index (χ4n) is 2.07. The van der Waals surface area contributed by atoms with E-state index in [0.29, 0.717) is 12.0 Å². The summed E-state index contributed by atoms with van der Waals surface area (Å²) in [6, 6.07) is 7.83. The number of hydrogen-bond acceptors (Lipinski definition) is 2. The maximum Gasteiger partial charge on any atom is 0.133 e. The van der Waals surface area contributed by atoms with Crippen molar-refractivity contribution < 1.29 is 8.78 Å². The highest BCUT2D eigenvalue weighted by Crippen LogP contribution is 2.25. The maximum atomic E-state index is 14.1. The van der Waals surface area contributed by atoms with Crippen LogP contribution >= 0.6 is 0 Å². The lowest BCUT2D eigenvalue weighted by Crippen LogP contribution is -2.22. The second kappa shape index (κ2) is 5.89. The van der Waals surface area contributed by atoms with Crippen LogP contribution < -0.4 is 5.32 Å². The first-order chi connectivity index (χ1) is 9.13. The predicted octanol–water partition coefficient (Wildman–Crippen LogP) is 3.17. The number of aryl methyl sites for hydroxylation is 1. The van der Waals surface area contributed by atoms with Gasteiger partial charge in [-0.25, -0.2) is 8.78 Å². The van der Waals surface area contributed by atoms with Gasteiger partial charge in [-0.15, -0.1) is 0 Å². The highest BCUT2D eigenvalue weighted by molar-refractivity contribution is 5.30. The van der Waals surface area contributed by atoms with Crippen molar-refractivity contribution in [1.29, 1.82) is 0 Å². The number of pyridine rings is 1. The Bertz CT molecular complexity index is 556. The Kier molecular flexibility index (Phi) is 4.22. The third kappa shape index (κ3) is 2.96. The van der Waals surface area contributed by atoms with Crippen molar-refractivity contribution in [2.45, 2.75) is 19.4 Å². The summed E-state index contributed by atoms with van der Waals surface area (Å²) in [5, 5.41) is 2.96. The standard InChI is InChI=1S/C15H16F2N2/c1-10-6-7-12(16)14(15(10)17)13(18-2)9-11-5-3-4-8-19-11/h3-8,13,18H,9H2,1-2H3. The van der Waals surface area contributed by atoms with E-state index in [1.54, 1.807) is 20.2 Å². The molecular weight excluding hydrogens is 246 g/mol. The van der Waals surface area contributed by atoms with Gasteiger partial charge in [0.05, 0.1) is 0 Å². The monoisotopic (exact) mass is 262 g/mol. The molecule has 0 aliphatic rings. The van der Waals surface area contributed by atoms with Crippen LogP contribution in [-0.2, 0) is 6.42 Å². The molecular formula is C15H16F2N2. The van der Waals surface area contributed by atoms with E-state index in [4.69, 9.17) is 0 Å². The van der Waals surface area contributed by atoms with Gasteiger partial charge < -0.3 is 5.32 Å². The van der Waals surface area contributed by atoms with Gasteiger partial charge in [0.15, 0.2) is 0 Å². The second-order valence-electron chi connectivity index (χ2n) is 4.46. The summed E-state index contributed by atoms with van der Waals surface area (Å²) in [4.78, 5) is 4.19. The molecule has 0 aliphatic carbocycles. The largest absolute Gasteiger partial charge is 0.312 e. The zero-order chi connectivity index (χ0) is 13.8.